The van der Waals surface area contributed by atoms with E-state index in [-0.39, 0.29) is 0 Å². The average Bonchev–Trinajstić information content (AvgIpc) is 2.78. The number of hydrogen-bond acceptors (Lipinski definition) is 1. The molecule has 19 heavy (non-hydrogen) atoms. The lowest BCUT2D eigenvalue weighted by Gasteiger charge is -2.13. The molecule has 0 N–H and O–H groups in total. The molecule has 0 spiro atoms. The van der Waals surface area contributed by atoms with E-state index in [0.29, 0.717) is 6.04 Å². The zero-order valence-corrected chi connectivity index (χ0v) is 11.7. The minimum atomic E-state index is 0.349. The summed E-state index contributed by atoms with van der Waals surface area (Å²) < 4.78 is 2.25. The lowest BCUT2D eigenvalue weighted by atomic mass is 10.2. The third kappa shape index (κ3) is 2.13. The molecule has 0 amide bonds. The van der Waals surface area contributed by atoms with E-state index in [2.05, 4.69) is 30.5 Å². The third-order valence-electron chi connectivity index (χ3n) is 3.20. The second-order valence-corrected chi connectivity index (χ2v) is 5.33. The summed E-state index contributed by atoms with van der Waals surface area (Å²) in [4.78, 5) is 4.74. The van der Waals surface area contributed by atoms with E-state index in [1.165, 1.54) is 0 Å². The van der Waals surface area contributed by atoms with Crippen molar-refractivity contribution in [3.05, 3.63) is 53.6 Å². The number of benzene rings is 2. The summed E-state index contributed by atoms with van der Waals surface area (Å²) >= 11 is 6.06. The molecule has 0 saturated heterocycles. The van der Waals surface area contributed by atoms with Gasteiger partial charge in [-0.15, -0.1) is 0 Å². The summed E-state index contributed by atoms with van der Waals surface area (Å²) in [6.45, 7) is 4.34. The van der Waals surface area contributed by atoms with Gasteiger partial charge in [0.1, 0.15) is 5.82 Å². The molecule has 0 aliphatic heterocycles. The summed E-state index contributed by atoms with van der Waals surface area (Å²) in [7, 11) is 0. The van der Waals surface area contributed by atoms with Crippen LogP contribution in [0.1, 0.15) is 19.9 Å². The zero-order valence-electron chi connectivity index (χ0n) is 11.0. The van der Waals surface area contributed by atoms with Crippen LogP contribution in [0.3, 0.4) is 0 Å². The molecule has 0 aliphatic carbocycles. The summed E-state index contributed by atoms with van der Waals surface area (Å²) in [5.74, 6) is 0.993. The topological polar surface area (TPSA) is 17.8 Å². The molecule has 0 atom stereocenters. The van der Waals surface area contributed by atoms with Crippen LogP contribution >= 0.6 is 11.6 Å². The molecule has 0 bridgehead atoms. The lowest BCUT2D eigenvalue weighted by Crippen LogP contribution is -2.02. The quantitative estimate of drug-likeness (QED) is 0.645. The van der Waals surface area contributed by atoms with Gasteiger partial charge in [0.2, 0.25) is 0 Å². The predicted octanol–water partition coefficient (Wildman–Crippen LogP) is 4.94. The van der Waals surface area contributed by atoms with Gasteiger partial charge in [-0.25, -0.2) is 4.98 Å². The second kappa shape index (κ2) is 4.71. The van der Waals surface area contributed by atoms with Crippen molar-refractivity contribution in [1.29, 1.82) is 0 Å². The van der Waals surface area contributed by atoms with Crippen molar-refractivity contribution in [3.8, 4) is 11.4 Å². The van der Waals surface area contributed by atoms with E-state index in [4.69, 9.17) is 16.6 Å². The number of hydrogen-bond donors (Lipinski definition) is 0. The Kier molecular flexibility index (Phi) is 3.03. The fraction of sp³-hybridized carbons (Fsp3) is 0.188. The first-order chi connectivity index (χ1) is 9.16. The van der Waals surface area contributed by atoms with Crippen molar-refractivity contribution in [2.45, 2.75) is 19.9 Å². The van der Waals surface area contributed by atoms with Gasteiger partial charge in [0, 0.05) is 16.6 Å². The smallest absolute Gasteiger partial charge is 0.141 e. The molecule has 0 aliphatic rings. The van der Waals surface area contributed by atoms with Crippen LogP contribution in [0.15, 0.2) is 48.5 Å². The first-order valence-electron chi connectivity index (χ1n) is 6.40. The molecular weight excluding hydrogens is 256 g/mol. The van der Waals surface area contributed by atoms with Crippen molar-refractivity contribution in [1.82, 2.24) is 9.55 Å². The molecule has 96 valence electrons. The average molecular weight is 271 g/mol. The Bertz CT molecular complexity index is 714. The fourth-order valence-electron chi connectivity index (χ4n) is 2.39. The Morgan fingerprint density at radius 2 is 1.79 bits per heavy atom. The maximum Gasteiger partial charge on any atom is 0.141 e. The van der Waals surface area contributed by atoms with Crippen molar-refractivity contribution < 1.29 is 0 Å². The largest absolute Gasteiger partial charge is 0.321 e. The van der Waals surface area contributed by atoms with Crippen LogP contribution in [0.25, 0.3) is 22.4 Å². The van der Waals surface area contributed by atoms with Gasteiger partial charge < -0.3 is 4.57 Å². The highest BCUT2D eigenvalue weighted by Crippen LogP contribution is 2.29. The summed E-state index contributed by atoms with van der Waals surface area (Å²) in [5.41, 5.74) is 3.20. The SMILES string of the molecule is CC(C)n1c(-c2ccccc2)nc2cc(Cl)ccc21. The first-order valence-corrected chi connectivity index (χ1v) is 6.77. The van der Waals surface area contributed by atoms with Crippen LogP contribution in [-0.4, -0.2) is 9.55 Å². The highest BCUT2D eigenvalue weighted by Gasteiger charge is 2.14. The molecule has 0 unspecified atom stereocenters. The van der Waals surface area contributed by atoms with Gasteiger partial charge in [0.25, 0.3) is 0 Å². The minimum absolute atomic E-state index is 0.349. The number of nitrogens with zero attached hydrogens (tertiary/aromatic N) is 2. The van der Waals surface area contributed by atoms with Crippen LogP contribution in [-0.2, 0) is 0 Å². The molecule has 0 saturated carbocycles. The van der Waals surface area contributed by atoms with Gasteiger partial charge in [-0.1, -0.05) is 41.9 Å². The fourth-order valence-corrected chi connectivity index (χ4v) is 2.55. The summed E-state index contributed by atoms with van der Waals surface area (Å²) in [6.07, 6.45) is 0. The van der Waals surface area contributed by atoms with Crippen LogP contribution in [0, 0.1) is 0 Å². The van der Waals surface area contributed by atoms with Crippen molar-refractivity contribution in [3.63, 3.8) is 0 Å². The van der Waals surface area contributed by atoms with Gasteiger partial charge in [-0.2, -0.15) is 0 Å². The van der Waals surface area contributed by atoms with Gasteiger partial charge in [-0.3, -0.25) is 0 Å². The zero-order chi connectivity index (χ0) is 13.4. The lowest BCUT2D eigenvalue weighted by molar-refractivity contribution is 0.624. The molecule has 0 radical (unpaired) electrons. The molecule has 2 aromatic carbocycles. The summed E-state index contributed by atoms with van der Waals surface area (Å²) in [6, 6.07) is 16.5. The van der Waals surface area contributed by atoms with E-state index < -0.39 is 0 Å². The van der Waals surface area contributed by atoms with E-state index in [9.17, 15) is 0 Å². The van der Waals surface area contributed by atoms with E-state index in [1.54, 1.807) is 0 Å². The Morgan fingerprint density at radius 1 is 1.05 bits per heavy atom. The molecule has 1 heterocycles. The number of rotatable bonds is 2. The van der Waals surface area contributed by atoms with Gasteiger partial charge in [0.15, 0.2) is 0 Å². The Balaban J connectivity index is 2.32. The Labute approximate surface area is 117 Å². The van der Waals surface area contributed by atoms with Crippen LogP contribution in [0.2, 0.25) is 5.02 Å². The number of aromatic nitrogens is 2. The molecule has 3 heteroatoms. The highest BCUT2D eigenvalue weighted by atomic mass is 35.5. The van der Waals surface area contributed by atoms with Crippen LogP contribution < -0.4 is 0 Å². The van der Waals surface area contributed by atoms with Crippen molar-refractivity contribution in [2.24, 2.45) is 0 Å². The Hall–Kier alpha value is -1.80. The maximum atomic E-state index is 6.06. The van der Waals surface area contributed by atoms with E-state index in [0.717, 1.165) is 27.4 Å². The molecule has 3 aromatic rings. The monoisotopic (exact) mass is 270 g/mol. The van der Waals surface area contributed by atoms with Crippen molar-refractivity contribution >= 4 is 22.6 Å². The highest BCUT2D eigenvalue weighted by molar-refractivity contribution is 6.31. The maximum absolute atomic E-state index is 6.06. The predicted molar refractivity (Wildman–Crippen MR) is 80.6 cm³/mol. The number of halogens is 1. The van der Waals surface area contributed by atoms with Crippen molar-refractivity contribution in [2.75, 3.05) is 0 Å². The van der Waals surface area contributed by atoms with E-state index in [1.807, 2.05) is 36.4 Å². The van der Waals surface area contributed by atoms with Gasteiger partial charge in [-0.05, 0) is 32.0 Å². The minimum Gasteiger partial charge on any atom is -0.321 e. The summed E-state index contributed by atoms with van der Waals surface area (Å²) in [5, 5.41) is 0.723. The normalized spacial score (nSPS) is 11.4. The van der Waals surface area contributed by atoms with Gasteiger partial charge >= 0.3 is 0 Å². The standard InChI is InChI=1S/C16H15ClN2/c1-11(2)19-15-9-8-13(17)10-14(15)18-16(19)12-6-4-3-5-7-12/h3-11H,1-2H3. The van der Waals surface area contributed by atoms with Gasteiger partial charge in [0.05, 0.1) is 11.0 Å². The van der Waals surface area contributed by atoms with Crippen LogP contribution in [0.5, 0.6) is 0 Å². The number of fused-ring (bicyclic) bond motifs is 1. The molecule has 0 fully saturated rings. The number of imidazole rings is 1. The molecule has 3 rings (SSSR count). The Morgan fingerprint density at radius 3 is 2.47 bits per heavy atom. The third-order valence-corrected chi connectivity index (χ3v) is 3.44. The second-order valence-electron chi connectivity index (χ2n) is 4.90. The molecule has 1 aromatic heterocycles. The molecule has 2 nitrogen and oxygen atoms in total. The van der Waals surface area contributed by atoms with Crippen LogP contribution in [0.4, 0.5) is 0 Å². The van der Waals surface area contributed by atoms with E-state index >= 15 is 0 Å². The molecular formula is C16H15ClN2. The first kappa shape index (κ1) is 12.2.